The van der Waals surface area contributed by atoms with Gasteiger partial charge in [-0.3, -0.25) is 4.98 Å². The van der Waals surface area contributed by atoms with E-state index < -0.39 is 0 Å². The van der Waals surface area contributed by atoms with Gasteiger partial charge in [0.15, 0.2) is 0 Å². The number of nitrogens with zero attached hydrogens (tertiary/aromatic N) is 4. The molecule has 2 rings (SSSR count). The van der Waals surface area contributed by atoms with Gasteiger partial charge in [-0.05, 0) is 38.9 Å². The Labute approximate surface area is 114 Å². The molecule has 19 heavy (non-hydrogen) atoms. The molecular formula is C14H21N5. The van der Waals surface area contributed by atoms with Crippen molar-refractivity contribution in [2.24, 2.45) is 0 Å². The molecule has 5 heteroatoms. The minimum Gasteiger partial charge on any atom is -0.309 e. The van der Waals surface area contributed by atoms with E-state index in [2.05, 4.69) is 40.3 Å². The first-order chi connectivity index (χ1) is 9.15. The number of hydrogen-bond acceptors (Lipinski definition) is 4. The van der Waals surface area contributed by atoms with Crippen LogP contribution in [0.3, 0.4) is 0 Å². The lowest BCUT2D eigenvalue weighted by molar-refractivity contribution is 0.524. The molecule has 0 amide bonds. The van der Waals surface area contributed by atoms with E-state index in [1.54, 1.807) is 0 Å². The molecule has 1 N–H and O–H groups in total. The summed E-state index contributed by atoms with van der Waals surface area (Å²) in [6, 6.07) is 4.42. The molecule has 0 aliphatic heterocycles. The van der Waals surface area contributed by atoms with Crippen molar-refractivity contribution >= 4 is 0 Å². The first-order valence-corrected chi connectivity index (χ1v) is 6.75. The number of pyridine rings is 1. The Morgan fingerprint density at radius 1 is 1.26 bits per heavy atom. The summed E-state index contributed by atoms with van der Waals surface area (Å²) in [5, 5.41) is 7.79. The van der Waals surface area contributed by atoms with Crippen molar-refractivity contribution in [3.8, 4) is 5.69 Å². The molecule has 0 saturated heterocycles. The van der Waals surface area contributed by atoms with Crippen molar-refractivity contribution in [2.75, 3.05) is 6.54 Å². The van der Waals surface area contributed by atoms with E-state index in [1.165, 1.54) is 0 Å². The lowest BCUT2D eigenvalue weighted by atomic mass is 10.1. The van der Waals surface area contributed by atoms with Crippen molar-refractivity contribution in [3.63, 3.8) is 0 Å². The SMILES string of the molecule is CCNC(CC)c1ccc(-n2nc(C)nc2C)cn1. The fourth-order valence-corrected chi connectivity index (χ4v) is 2.20. The van der Waals surface area contributed by atoms with Crippen molar-refractivity contribution in [1.29, 1.82) is 0 Å². The Kier molecular flexibility index (Phi) is 4.27. The average Bonchev–Trinajstić information content (AvgIpc) is 2.75. The Morgan fingerprint density at radius 2 is 2.05 bits per heavy atom. The Hall–Kier alpha value is -1.75. The van der Waals surface area contributed by atoms with Crippen LogP contribution in [0.2, 0.25) is 0 Å². The van der Waals surface area contributed by atoms with Gasteiger partial charge in [0.05, 0.1) is 17.6 Å². The summed E-state index contributed by atoms with van der Waals surface area (Å²) in [4.78, 5) is 8.85. The van der Waals surface area contributed by atoms with E-state index in [-0.39, 0.29) is 0 Å². The third-order valence-electron chi connectivity index (χ3n) is 3.11. The second-order valence-electron chi connectivity index (χ2n) is 4.58. The molecule has 0 bridgehead atoms. The maximum atomic E-state index is 4.54. The minimum absolute atomic E-state index is 0.317. The van der Waals surface area contributed by atoms with Crippen molar-refractivity contribution in [3.05, 3.63) is 35.7 Å². The predicted octanol–water partition coefficient (Wildman–Crippen LogP) is 2.34. The van der Waals surface area contributed by atoms with E-state index in [0.29, 0.717) is 6.04 Å². The van der Waals surface area contributed by atoms with Gasteiger partial charge in [0, 0.05) is 6.04 Å². The highest BCUT2D eigenvalue weighted by Crippen LogP contribution is 2.16. The van der Waals surface area contributed by atoms with Gasteiger partial charge in [-0.25, -0.2) is 9.67 Å². The molecule has 2 heterocycles. The fraction of sp³-hybridized carbons (Fsp3) is 0.500. The molecule has 102 valence electrons. The van der Waals surface area contributed by atoms with Gasteiger partial charge in [-0.2, -0.15) is 5.10 Å². The average molecular weight is 259 g/mol. The summed E-state index contributed by atoms with van der Waals surface area (Å²) in [5.74, 6) is 1.66. The summed E-state index contributed by atoms with van der Waals surface area (Å²) >= 11 is 0. The standard InChI is InChI=1S/C14H21N5/c1-5-13(15-6-2)14-8-7-12(9-16-14)19-11(4)17-10(3)18-19/h7-9,13,15H,5-6H2,1-4H3. The number of aromatic nitrogens is 4. The number of hydrogen-bond donors (Lipinski definition) is 1. The van der Waals surface area contributed by atoms with E-state index in [4.69, 9.17) is 0 Å². The molecule has 0 aromatic carbocycles. The maximum absolute atomic E-state index is 4.54. The summed E-state index contributed by atoms with van der Waals surface area (Å²) in [7, 11) is 0. The van der Waals surface area contributed by atoms with Gasteiger partial charge >= 0.3 is 0 Å². The van der Waals surface area contributed by atoms with Crippen LogP contribution in [0.25, 0.3) is 5.69 Å². The topological polar surface area (TPSA) is 55.6 Å². The molecule has 5 nitrogen and oxygen atoms in total. The molecule has 0 saturated carbocycles. The third-order valence-corrected chi connectivity index (χ3v) is 3.11. The quantitative estimate of drug-likeness (QED) is 0.895. The number of rotatable bonds is 5. The van der Waals surface area contributed by atoms with Crippen LogP contribution in [-0.4, -0.2) is 26.3 Å². The van der Waals surface area contributed by atoms with E-state index in [9.17, 15) is 0 Å². The van der Waals surface area contributed by atoms with Gasteiger partial charge in [0.1, 0.15) is 11.6 Å². The third kappa shape index (κ3) is 2.98. The first-order valence-electron chi connectivity index (χ1n) is 6.75. The number of aryl methyl sites for hydroxylation is 2. The van der Waals surface area contributed by atoms with Crippen LogP contribution in [0.4, 0.5) is 0 Å². The van der Waals surface area contributed by atoms with Crippen LogP contribution in [0.15, 0.2) is 18.3 Å². The molecule has 0 aliphatic rings. The van der Waals surface area contributed by atoms with Crippen molar-refractivity contribution in [1.82, 2.24) is 25.1 Å². The highest BCUT2D eigenvalue weighted by atomic mass is 15.3. The van der Waals surface area contributed by atoms with Gasteiger partial charge in [-0.1, -0.05) is 13.8 Å². The van der Waals surface area contributed by atoms with Gasteiger partial charge < -0.3 is 5.32 Å². The van der Waals surface area contributed by atoms with Gasteiger partial charge in [0.2, 0.25) is 0 Å². The van der Waals surface area contributed by atoms with Crippen LogP contribution < -0.4 is 5.32 Å². The van der Waals surface area contributed by atoms with Crippen molar-refractivity contribution < 1.29 is 0 Å². The Morgan fingerprint density at radius 3 is 2.53 bits per heavy atom. The number of nitrogens with one attached hydrogen (secondary N) is 1. The molecule has 0 aliphatic carbocycles. The van der Waals surface area contributed by atoms with Gasteiger partial charge in [0.25, 0.3) is 0 Å². The zero-order chi connectivity index (χ0) is 13.8. The molecular weight excluding hydrogens is 238 g/mol. The first kappa shape index (κ1) is 13.7. The minimum atomic E-state index is 0.317. The highest BCUT2D eigenvalue weighted by molar-refractivity contribution is 5.30. The van der Waals surface area contributed by atoms with Gasteiger partial charge in [-0.15, -0.1) is 0 Å². The summed E-state index contributed by atoms with van der Waals surface area (Å²) in [5.41, 5.74) is 2.02. The molecule has 1 atom stereocenters. The molecule has 0 spiro atoms. The zero-order valence-corrected chi connectivity index (χ0v) is 12.0. The normalized spacial score (nSPS) is 12.6. The van der Waals surface area contributed by atoms with Crippen LogP contribution in [0, 0.1) is 13.8 Å². The van der Waals surface area contributed by atoms with E-state index in [1.807, 2.05) is 30.8 Å². The van der Waals surface area contributed by atoms with Crippen LogP contribution >= 0.6 is 0 Å². The summed E-state index contributed by atoms with van der Waals surface area (Å²) in [6.07, 6.45) is 2.89. The monoisotopic (exact) mass is 259 g/mol. The smallest absolute Gasteiger partial charge is 0.148 e. The molecule has 1 unspecified atom stereocenters. The second kappa shape index (κ2) is 5.93. The summed E-state index contributed by atoms with van der Waals surface area (Å²) in [6.45, 7) is 9.06. The second-order valence-corrected chi connectivity index (χ2v) is 4.58. The Balaban J connectivity index is 2.25. The largest absolute Gasteiger partial charge is 0.309 e. The summed E-state index contributed by atoms with van der Waals surface area (Å²) < 4.78 is 1.82. The van der Waals surface area contributed by atoms with Crippen LogP contribution in [0.1, 0.15) is 43.7 Å². The lowest BCUT2D eigenvalue weighted by Crippen LogP contribution is -2.21. The molecule has 0 radical (unpaired) electrons. The molecule has 0 fully saturated rings. The zero-order valence-electron chi connectivity index (χ0n) is 12.0. The fourth-order valence-electron chi connectivity index (χ4n) is 2.20. The van der Waals surface area contributed by atoms with Crippen LogP contribution in [-0.2, 0) is 0 Å². The van der Waals surface area contributed by atoms with Crippen molar-refractivity contribution in [2.45, 2.75) is 40.2 Å². The highest BCUT2D eigenvalue weighted by Gasteiger charge is 2.10. The maximum Gasteiger partial charge on any atom is 0.148 e. The molecule has 2 aromatic rings. The lowest BCUT2D eigenvalue weighted by Gasteiger charge is -2.15. The van der Waals surface area contributed by atoms with E-state index >= 15 is 0 Å². The van der Waals surface area contributed by atoms with Crippen LogP contribution in [0.5, 0.6) is 0 Å². The Bertz CT molecular complexity index is 529. The molecule has 2 aromatic heterocycles. The van der Waals surface area contributed by atoms with E-state index in [0.717, 1.165) is 36.0 Å². The predicted molar refractivity (Wildman–Crippen MR) is 75.3 cm³/mol.